The summed E-state index contributed by atoms with van der Waals surface area (Å²) in [6.07, 6.45) is 0.486. The van der Waals surface area contributed by atoms with Crippen LogP contribution in [0.15, 0.2) is 0 Å². The molecule has 2 rings (SSSR count). The molecular formula is C13H22F3NO2S. The van der Waals surface area contributed by atoms with Gasteiger partial charge in [0, 0.05) is 18.8 Å². The molecule has 0 unspecified atom stereocenters. The first kappa shape index (κ1) is 16.1. The number of halogens is 3. The third kappa shape index (κ3) is 4.62. The van der Waals surface area contributed by atoms with Crippen molar-refractivity contribution in [3.63, 3.8) is 0 Å². The summed E-state index contributed by atoms with van der Waals surface area (Å²) >= 11 is 0. The average molecular weight is 313 g/mol. The Morgan fingerprint density at radius 2 is 1.90 bits per heavy atom. The average Bonchev–Trinajstić information content (AvgIpc) is 3.04. The largest absolute Gasteiger partial charge is 0.391 e. The molecule has 0 aromatic rings. The van der Waals surface area contributed by atoms with Crippen LogP contribution in [0.2, 0.25) is 0 Å². The molecule has 0 heterocycles. The van der Waals surface area contributed by atoms with E-state index in [1.165, 1.54) is 6.26 Å². The number of sulfone groups is 1. The molecule has 2 fully saturated rings. The lowest BCUT2D eigenvalue weighted by Crippen LogP contribution is -2.42. The summed E-state index contributed by atoms with van der Waals surface area (Å²) in [5.41, 5.74) is -0.223. The van der Waals surface area contributed by atoms with E-state index in [0.29, 0.717) is 13.0 Å². The van der Waals surface area contributed by atoms with Crippen LogP contribution in [0.3, 0.4) is 0 Å². The highest BCUT2D eigenvalue weighted by Crippen LogP contribution is 2.46. The van der Waals surface area contributed by atoms with Gasteiger partial charge in [-0.1, -0.05) is 6.42 Å². The molecule has 2 aliphatic rings. The molecule has 7 heteroatoms. The van der Waals surface area contributed by atoms with Crippen LogP contribution < -0.4 is 5.32 Å². The molecule has 0 spiro atoms. The summed E-state index contributed by atoms with van der Waals surface area (Å²) in [6, 6.07) is -0.132. The standard InChI is InChI=1S/C13H22F3NO2S/c1-20(18,19)9-12(5-6-12)8-17-11-4-2-3-10(7-11)13(14,15)16/h10-11,17H,2-9H2,1H3/t10-,11+/m1/s1. The van der Waals surface area contributed by atoms with Gasteiger partial charge in [-0.05, 0) is 37.5 Å². The van der Waals surface area contributed by atoms with Crippen molar-refractivity contribution < 1.29 is 21.6 Å². The fourth-order valence-electron chi connectivity index (χ4n) is 3.14. The minimum atomic E-state index is -4.11. The van der Waals surface area contributed by atoms with E-state index in [-0.39, 0.29) is 30.1 Å². The normalized spacial score (nSPS) is 30.2. The van der Waals surface area contributed by atoms with Gasteiger partial charge in [-0.25, -0.2) is 8.42 Å². The maximum atomic E-state index is 12.7. The summed E-state index contributed by atoms with van der Waals surface area (Å²) in [5, 5.41) is 3.18. The Morgan fingerprint density at radius 3 is 2.40 bits per heavy atom. The van der Waals surface area contributed by atoms with Crippen molar-refractivity contribution in [1.29, 1.82) is 0 Å². The number of nitrogens with one attached hydrogen (secondary N) is 1. The topological polar surface area (TPSA) is 46.2 Å². The van der Waals surface area contributed by atoms with Crippen molar-refractivity contribution in [2.24, 2.45) is 11.3 Å². The van der Waals surface area contributed by atoms with Crippen molar-refractivity contribution in [2.75, 3.05) is 18.6 Å². The Hall–Kier alpha value is -0.300. The molecule has 118 valence electrons. The van der Waals surface area contributed by atoms with Crippen molar-refractivity contribution >= 4 is 9.84 Å². The first-order valence-corrected chi connectivity index (χ1v) is 9.14. The van der Waals surface area contributed by atoms with Crippen LogP contribution in [-0.4, -0.2) is 39.2 Å². The van der Waals surface area contributed by atoms with Crippen LogP contribution in [-0.2, 0) is 9.84 Å². The van der Waals surface area contributed by atoms with Crippen molar-refractivity contribution in [3.8, 4) is 0 Å². The zero-order valence-corrected chi connectivity index (χ0v) is 12.5. The van der Waals surface area contributed by atoms with Crippen molar-refractivity contribution in [1.82, 2.24) is 5.32 Å². The first-order valence-electron chi connectivity index (χ1n) is 7.08. The SMILES string of the molecule is CS(=O)(=O)CC1(CN[C@H]2CCC[C@@H](C(F)(F)F)C2)CC1. The predicted molar refractivity (Wildman–Crippen MR) is 71.2 cm³/mol. The lowest BCUT2D eigenvalue weighted by Gasteiger charge is -2.32. The number of rotatable bonds is 5. The maximum Gasteiger partial charge on any atom is 0.391 e. The zero-order chi connectivity index (χ0) is 15.0. The lowest BCUT2D eigenvalue weighted by molar-refractivity contribution is -0.183. The zero-order valence-electron chi connectivity index (χ0n) is 11.7. The van der Waals surface area contributed by atoms with Gasteiger partial charge in [0.05, 0.1) is 11.7 Å². The minimum absolute atomic E-state index is 0.123. The molecule has 0 aromatic carbocycles. The molecule has 1 N–H and O–H groups in total. The highest BCUT2D eigenvalue weighted by atomic mass is 32.2. The predicted octanol–water partition coefficient (Wildman–Crippen LogP) is 2.52. The monoisotopic (exact) mass is 313 g/mol. The van der Waals surface area contributed by atoms with E-state index in [9.17, 15) is 21.6 Å². The van der Waals surface area contributed by atoms with E-state index in [1.54, 1.807) is 0 Å². The molecular weight excluding hydrogens is 291 g/mol. The molecule has 0 aliphatic heterocycles. The number of hydrogen-bond acceptors (Lipinski definition) is 3. The molecule has 0 bridgehead atoms. The maximum absolute atomic E-state index is 12.7. The van der Waals surface area contributed by atoms with Crippen LogP contribution >= 0.6 is 0 Å². The summed E-state index contributed by atoms with van der Waals surface area (Å²) in [4.78, 5) is 0. The second kappa shape index (κ2) is 5.48. The summed E-state index contributed by atoms with van der Waals surface area (Å²) in [7, 11) is -3.03. The molecule has 20 heavy (non-hydrogen) atoms. The van der Waals surface area contributed by atoms with Gasteiger partial charge in [0.25, 0.3) is 0 Å². The molecule has 2 saturated carbocycles. The fourth-order valence-corrected chi connectivity index (χ4v) is 4.64. The van der Waals surface area contributed by atoms with Crippen molar-refractivity contribution in [3.05, 3.63) is 0 Å². The molecule has 2 aliphatic carbocycles. The molecule has 0 saturated heterocycles. The quantitative estimate of drug-likeness (QED) is 0.848. The Balaban J connectivity index is 1.82. The van der Waals surface area contributed by atoms with Crippen LogP contribution in [0, 0.1) is 11.3 Å². The highest BCUT2D eigenvalue weighted by Gasteiger charge is 2.46. The first-order chi connectivity index (χ1) is 9.10. The Labute approximate surface area is 118 Å². The smallest absolute Gasteiger partial charge is 0.313 e. The van der Waals surface area contributed by atoms with Crippen LogP contribution in [0.5, 0.6) is 0 Å². The lowest BCUT2D eigenvalue weighted by atomic mass is 9.85. The third-order valence-electron chi connectivity index (χ3n) is 4.43. The summed E-state index contributed by atoms with van der Waals surface area (Å²) < 4.78 is 60.8. The highest BCUT2D eigenvalue weighted by molar-refractivity contribution is 7.90. The van der Waals surface area contributed by atoms with E-state index >= 15 is 0 Å². The number of alkyl halides is 3. The van der Waals surface area contributed by atoms with Crippen LogP contribution in [0.25, 0.3) is 0 Å². The van der Waals surface area contributed by atoms with Gasteiger partial charge in [-0.2, -0.15) is 13.2 Å². The fraction of sp³-hybridized carbons (Fsp3) is 1.00. The Morgan fingerprint density at radius 1 is 1.25 bits per heavy atom. The van der Waals surface area contributed by atoms with E-state index in [1.807, 2.05) is 0 Å². The minimum Gasteiger partial charge on any atom is -0.313 e. The second-order valence-corrected chi connectivity index (χ2v) is 8.69. The van der Waals surface area contributed by atoms with Gasteiger partial charge < -0.3 is 5.32 Å². The van der Waals surface area contributed by atoms with Gasteiger partial charge in [-0.3, -0.25) is 0 Å². The third-order valence-corrected chi connectivity index (χ3v) is 5.57. The van der Waals surface area contributed by atoms with E-state index < -0.39 is 21.9 Å². The Bertz CT molecular complexity index is 443. The molecule has 3 nitrogen and oxygen atoms in total. The Kier molecular flexibility index (Phi) is 4.40. The van der Waals surface area contributed by atoms with Crippen LogP contribution in [0.4, 0.5) is 13.2 Å². The van der Waals surface area contributed by atoms with E-state index in [4.69, 9.17) is 0 Å². The molecule has 0 aromatic heterocycles. The van der Waals surface area contributed by atoms with Gasteiger partial charge >= 0.3 is 6.18 Å². The number of hydrogen-bond donors (Lipinski definition) is 1. The van der Waals surface area contributed by atoms with Gasteiger partial charge in [-0.15, -0.1) is 0 Å². The van der Waals surface area contributed by atoms with Crippen LogP contribution in [0.1, 0.15) is 38.5 Å². The van der Waals surface area contributed by atoms with E-state index in [0.717, 1.165) is 19.3 Å². The molecule has 0 radical (unpaired) electrons. The van der Waals surface area contributed by atoms with Gasteiger partial charge in [0.15, 0.2) is 0 Å². The van der Waals surface area contributed by atoms with Gasteiger partial charge in [0.2, 0.25) is 0 Å². The van der Waals surface area contributed by atoms with E-state index in [2.05, 4.69) is 5.32 Å². The van der Waals surface area contributed by atoms with Crippen molar-refractivity contribution in [2.45, 2.75) is 50.7 Å². The molecule has 2 atom stereocenters. The summed E-state index contributed by atoms with van der Waals surface area (Å²) in [5.74, 6) is -1.07. The molecule has 0 amide bonds. The second-order valence-electron chi connectivity index (χ2n) is 6.55. The summed E-state index contributed by atoms with van der Waals surface area (Å²) in [6.45, 7) is 0.523. The van der Waals surface area contributed by atoms with Gasteiger partial charge in [0.1, 0.15) is 9.84 Å².